The Morgan fingerprint density at radius 1 is 0.447 bits per heavy atom. The Morgan fingerprint density at radius 3 is 1.09 bits per heavy atom. The minimum atomic E-state index is -4.35. The Balaban J connectivity index is 4.02. The second-order valence-corrected chi connectivity index (χ2v) is 25.3. The highest BCUT2D eigenvalue weighted by Crippen LogP contribution is 2.43. The molecule has 448 valence electrons. The number of phosphoric ester groups is 1. The van der Waals surface area contributed by atoms with Crippen LogP contribution in [0.25, 0.3) is 0 Å². The molecule has 76 heavy (non-hydrogen) atoms. The Hall–Kier alpha value is -1.54. The Kier molecular flexibility index (Phi) is 56.9. The number of hydrogen-bond donors (Lipinski definition) is 3. The number of hydrogen-bond acceptors (Lipinski definition) is 5. The topological polar surface area (TPSA) is 105 Å². The summed E-state index contributed by atoms with van der Waals surface area (Å²) in [7, 11) is 1.58. The first-order valence-electron chi connectivity index (χ1n) is 33.0. The third-order valence-electron chi connectivity index (χ3n) is 15.0. The molecule has 3 unspecified atom stereocenters. The second-order valence-electron chi connectivity index (χ2n) is 23.8. The minimum Gasteiger partial charge on any atom is -0.387 e. The van der Waals surface area contributed by atoms with Gasteiger partial charge in [-0.3, -0.25) is 13.8 Å². The van der Waals surface area contributed by atoms with E-state index in [2.05, 4.69) is 55.6 Å². The molecule has 0 bridgehead atoms. The van der Waals surface area contributed by atoms with Crippen LogP contribution in [0.4, 0.5) is 0 Å². The number of carbonyl (C=O) groups is 1. The molecular formula is C67H130N2O6P+. The van der Waals surface area contributed by atoms with Gasteiger partial charge in [0.05, 0.1) is 39.9 Å². The van der Waals surface area contributed by atoms with E-state index >= 15 is 0 Å². The summed E-state index contributed by atoms with van der Waals surface area (Å²) in [6, 6.07) is -0.846. The van der Waals surface area contributed by atoms with Gasteiger partial charge in [-0.2, -0.15) is 0 Å². The predicted molar refractivity (Wildman–Crippen MR) is 332 cm³/mol. The number of unbranched alkanes of at least 4 members (excludes halogenated alkanes) is 42. The Bertz CT molecular complexity index is 1380. The fourth-order valence-corrected chi connectivity index (χ4v) is 10.6. The van der Waals surface area contributed by atoms with E-state index in [1.165, 1.54) is 250 Å². The quantitative estimate of drug-likeness (QED) is 0.0243. The standard InChI is InChI=1S/C67H129N2O6P/c1-6-8-10-12-14-16-18-20-22-24-26-27-28-29-30-31-32-33-34-35-36-37-38-39-40-41-43-45-47-49-51-53-55-57-59-61-67(71)68-65(64-75-76(72,73)74-63-62-69(3,4)5)66(70)60-58-56-54-52-50-48-46-44-42-25-23-21-19-17-15-13-11-9-7-2/h18,20,24,26,28-29,58,60,65-66,70H,6-17,19,21-23,25,27,30-57,59,61-64H2,1-5H3,(H-,68,71,72,73)/p+1/b20-18-,26-24-,29-28-,60-58+. The van der Waals surface area contributed by atoms with Crippen molar-refractivity contribution in [2.24, 2.45) is 0 Å². The summed E-state index contributed by atoms with van der Waals surface area (Å²) in [4.78, 5) is 23.4. The van der Waals surface area contributed by atoms with Crippen LogP contribution in [0.3, 0.4) is 0 Å². The first kappa shape index (κ1) is 74.5. The zero-order chi connectivity index (χ0) is 55.6. The van der Waals surface area contributed by atoms with E-state index in [1.807, 2.05) is 27.2 Å². The lowest BCUT2D eigenvalue weighted by Crippen LogP contribution is -2.45. The molecule has 0 radical (unpaired) electrons. The van der Waals surface area contributed by atoms with Gasteiger partial charge in [-0.05, 0) is 57.8 Å². The van der Waals surface area contributed by atoms with Crippen molar-refractivity contribution in [2.45, 2.75) is 334 Å². The van der Waals surface area contributed by atoms with E-state index in [1.54, 1.807) is 6.08 Å². The fraction of sp³-hybridized carbons (Fsp3) is 0.866. The third-order valence-corrected chi connectivity index (χ3v) is 16.0. The van der Waals surface area contributed by atoms with Gasteiger partial charge in [-0.15, -0.1) is 0 Å². The van der Waals surface area contributed by atoms with Gasteiger partial charge in [-0.1, -0.05) is 306 Å². The number of allylic oxidation sites excluding steroid dienone is 7. The average Bonchev–Trinajstić information content (AvgIpc) is 3.38. The lowest BCUT2D eigenvalue weighted by Gasteiger charge is -2.25. The summed E-state index contributed by atoms with van der Waals surface area (Å²) >= 11 is 0. The van der Waals surface area contributed by atoms with Crippen LogP contribution < -0.4 is 5.32 Å². The summed E-state index contributed by atoms with van der Waals surface area (Å²) in [5.41, 5.74) is 0. The smallest absolute Gasteiger partial charge is 0.387 e. The maximum atomic E-state index is 13.0. The molecule has 0 aromatic heterocycles. The number of aliphatic hydroxyl groups excluding tert-OH is 1. The molecule has 1 amide bonds. The Morgan fingerprint density at radius 2 is 0.750 bits per heavy atom. The summed E-state index contributed by atoms with van der Waals surface area (Å²) in [5, 5.41) is 14.0. The van der Waals surface area contributed by atoms with Gasteiger partial charge in [-0.25, -0.2) is 4.57 Å². The monoisotopic (exact) mass is 1090 g/mol. The fourth-order valence-electron chi connectivity index (χ4n) is 9.88. The normalized spacial score (nSPS) is 14.0. The van der Waals surface area contributed by atoms with Crippen molar-refractivity contribution >= 4 is 13.7 Å². The van der Waals surface area contributed by atoms with Crippen LogP contribution in [0.2, 0.25) is 0 Å². The zero-order valence-corrected chi connectivity index (χ0v) is 52.2. The Labute approximate surface area is 473 Å². The zero-order valence-electron chi connectivity index (χ0n) is 51.3. The van der Waals surface area contributed by atoms with Gasteiger partial charge in [0.25, 0.3) is 0 Å². The van der Waals surface area contributed by atoms with Gasteiger partial charge in [0, 0.05) is 6.42 Å². The molecular weight excluding hydrogens is 960 g/mol. The molecule has 0 saturated carbocycles. The van der Waals surface area contributed by atoms with Gasteiger partial charge < -0.3 is 19.8 Å². The number of nitrogens with zero attached hydrogens (tertiary/aromatic N) is 1. The van der Waals surface area contributed by atoms with Crippen molar-refractivity contribution in [1.82, 2.24) is 5.32 Å². The number of amides is 1. The number of rotatable bonds is 61. The molecule has 3 atom stereocenters. The van der Waals surface area contributed by atoms with Crippen molar-refractivity contribution in [3.63, 3.8) is 0 Å². The number of carbonyl (C=O) groups excluding carboxylic acids is 1. The van der Waals surface area contributed by atoms with E-state index in [0.717, 1.165) is 51.4 Å². The highest BCUT2D eigenvalue weighted by Gasteiger charge is 2.28. The summed E-state index contributed by atoms with van der Waals surface area (Å²) in [6.07, 6.45) is 78.1. The van der Waals surface area contributed by atoms with Crippen LogP contribution in [0.1, 0.15) is 322 Å². The number of nitrogens with one attached hydrogen (secondary N) is 1. The molecule has 0 heterocycles. The first-order valence-corrected chi connectivity index (χ1v) is 34.5. The van der Waals surface area contributed by atoms with Crippen molar-refractivity contribution < 1.29 is 32.9 Å². The summed E-state index contributed by atoms with van der Waals surface area (Å²) in [5.74, 6) is -0.172. The van der Waals surface area contributed by atoms with Crippen LogP contribution in [0.15, 0.2) is 48.6 Å². The molecule has 8 nitrogen and oxygen atoms in total. The van der Waals surface area contributed by atoms with Gasteiger partial charge >= 0.3 is 7.82 Å². The molecule has 3 N–H and O–H groups in total. The second kappa shape index (κ2) is 58.1. The largest absolute Gasteiger partial charge is 0.472 e. The van der Waals surface area contributed by atoms with E-state index in [-0.39, 0.29) is 19.1 Å². The molecule has 0 spiro atoms. The van der Waals surface area contributed by atoms with E-state index in [9.17, 15) is 19.4 Å². The van der Waals surface area contributed by atoms with Gasteiger partial charge in [0.2, 0.25) is 5.91 Å². The summed E-state index contributed by atoms with van der Waals surface area (Å²) in [6.45, 7) is 4.84. The van der Waals surface area contributed by atoms with Crippen molar-refractivity contribution in [2.75, 3.05) is 40.9 Å². The lowest BCUT2D eigenvalue weighted by molar-refractivity contribution is -0.870. The van der Waals surface area contributed by atoms with Crippen molar-refractivity contribution in [3.05, 3.63) is 48.6 Å². The molecule has 0 aromatic rings. The number of likely N-dealkylation sites (N-methyl/N-ethyl adjacent to an activating group) is 1. The number of quaternary nitrogens is 1. The molecule has 9 heteroatoms. The summed E-state index contributed by atoms with van der Waals surface area (Å²) < 4.78 is 23.8. The maximum Gasteiger partial charge on any atom is 0.472 e. The molecule has 0 rings (SSSR count). The van der Waals surface area contributed by atoms with Crippen LogP contribution >= 0.6 is 7.82 Å². The molecule has 0 saturated heterocycles. The molecule has 0 aliphatic rings. The third kappa shape index (κ3) is 60.1. The minimum absolute atomic E-state index is 0.0628. The molecule has 0 aliphatic carbocycles. The van der Waals surface area contributed by atoms with E-state index < -0.39 is 20.0 Å². The molecule has 0 fully saturated rings. The van der Waals surface area contributed by atoms with E-state index in [0.29, 0.717) is 17.4 Å². The van der Waals surface area contributed by atoms with Crippen molar-refractivity contribution in [1.29, 1.82) is 0 Å². The number of phosphoric acid groups is 1. The first-order chi connectivity index (χ1) is 37.0. The van der Waals surface area contributed by atoms with Gasteiger partial charge in [0.15, 0.2) is 0 Å². The van der Waals surface area contributed by atoms with Crippen molar-refractivity contribution in [3.8, 4) is 0 Å². The number of aliphatic hydroxyl groups is 1. The van der Waals surface area contributed by atoms with Crippen LogP contribution in [0, 0.1) is 0 Å². The maximum absolute atomic E-state index is 13.0. The average molecular weight is 1090 g/mol. The lowest BCUT2D eigenvalue weighted by atomic mass is 10.0. The van der Waals surface area contributed by atoms with Crippen LogP contribution in [0.5, 0.6) is 0 Å². The molecule has 0 aliphatic heterocycles. The van der Waals surface area contributed by atoms with Crippen LogP contribution in [-0.2, 0) is 18.4 Å². The molecule has 0 aromatic carbocycles. The predicted octanol–water partition coefficient (Wildman–Crippen LogP) is 20.7. The van der Waals surface area contributed by atoms with Crippen LogP contribution in [-0.4, -0.2) is 73.4 Å². The SMILES string of the molecule is CCCCCCC/C=C\C/C=C\C/C=C\CCCCCCCCCCCCCCCCCCCCCCC(=O)NC(COP(=O)(O)OCC[N+](C)(C)C)C(O)/C=C/CCCCCCCCCCCCCCCCCCC. The highest BCUT2D eigenvalue weighted by atomic mass is 31.2. The van der Waals surface area contributed by atoms with Gasteiger partial charge in [0.1, 0.15) is 13.2 Å². The highest BCUT2D eigenvalue weighted by molar-refractivity contribution is 7.47. The van der Waals surface area contributed by atoms with E-state index in [4.69, 9.17) is 9.05 Å².